The predicted octanol–water partition coefficient (Wildman–Crippen LogP) is 3.63. The minimum Gasteiger partial charge on any atom is -0.481 e. The molecule has 1 heterocycles. The number of nitrogens with zero attached hydrogens (tertiary/aromatic N) is 1. The first kappa shape index (κ1) is 21.5. The van der Waals surface area contributed by atoms with Crippen molar-refractivity contribution in [3.63, 3.8) is 0 Å². The number of fused-ring (bicyclic) bond motifs is 3. The van der Waals surface area contributed by atoms with Crippen LogP contribution in [0.4, 0.5) is 4.79 Å². The van der Waals surface area contributed by atoms with Gasteiger partial charge in [0.15, 0.2) is 0 Å². The highest BCUT2D eigenvalue weighted by Gasteiger charge is 2.50. The molecule has 0 aromatic heterocycles. The van der Waals surface area contributed by atoms with Crippen molar-refractivity contribution >= 4 is 18.0 Å². The molecule has 2 aromatic rings. The largest absolute Gasteiger partial charge is 0.481 e. The van der Waals surface area contributed by atoms with E-state index in [9.17, 15) is 19.5 Å². The van der Waals surface area contributed by atoms with Crippen LogP contribution in [0.1, 0.15) is 43.2 Å². The minimum atomic E-state index is -0.990. The monoisotopic (exact) mass is 448 g/mol. The topological polar surface area (TPSA) is 95.9 Å². The van der Waals surface area contributed by atoms with Gasteiger partial charge in [-0.1, -0.05) is 55.5 Å². The van der Waals surface area contributed by atoms with E-state index in [2.05, 4.69) is 29.6 Å². The molecule has 3 aliphatic rings. The zero-order valence-corrected chi connectivity index (χ0v) is 18.6. The van der Waals surface area contributed by atoms with Gasteiger partial charge >= 0.3 is 12.1 Å². The molecule has 7 heteroatoms. The number of ether oxygens (including phenoxy) is 1. The van der Waals surface area contributed by atoms with Crippen LogP contribution >= 0.6 is 0 Å². The Labute approximate surface area is 192 Å². The maximum absolute atomic E-state index is 13.2. The molecule has 2 atom stereocenters. The summed E-state index contributed by atoms with van der Waals surface area (Å²) in [5.41, 5.74) is 3.58. The van der Waals surface area contributed by atoms with Gasteiger partial charge < -0.3 is 20.1 Å². The molecule has 1 saturated heterocycles. The Morgan fingerprint density at radius 3 is 2.15 bits per heavy atom. The van der Waals surface area contributed by atoms with E-state index in [1.165, 1.54) is 0 Å². The SMILES string of the molecule is C[C@@H]1CN(C(=O)C2(NC(=O)OCC3c4ccccc4-c4ccccc43)CCC2)C[C@H]1C(=O)O. The van der Waals surface area contributed by atoms with Crippen LogP contribution in [-0.4, -0.2) is 53.2 Å². The molecular formula is C26H28N2O5. The van der Waals surface area contributed by atoms with E-state index in [0.29, 0.717) is 19.4 Å². The number of rotatable bonds is 5. The maximum Gasteiger partial charge on any atom is 0.408 e. The number of benzene rings is 2. The van der Waals surface area contributed by atoms with Gasteiger partial charge in [0.2, 0.25) is 5.91 Å². The number of alkyl carbamates (subject to hydrolysis) is 1. The van der Waals surface area contributed by atoms with Crippen molar-refractivity contribution in [3.8, 4) is 11.1 Å². The van der Waals surface area contributed by atoms with E-state index in [1.54, 1.807) is 4.90 Å². The lowest BCUT2D eigenvalue weighted by atomic mass is 9.75. The van der Waals surface area contributed by atoms with Gasteiger partial charge in [-0.2, -0.15) is 0 Å². The van der Waals surface area contributed by atoms with Crippen LogP contribution in [0.25, 0.3) is 11.1 Å². The Bertz CT molecular complexity index is 1060. The fraction of sp³-hybridized carbons (Fsp3) is 0.423. The summed E-state index contributed by atoms with van der Waals surface area (Å²) < 4.78 is 5.65. The maximum atomic E-state index is 13.2. The molecule has 33 heavy (non-hydrogen) atoms. The first-order valence-corrected chi connectivity index (χ1v) is 11.5. The Kier molecular flexibility index (Phi) is 5.35. The number of carbonyl (C=O) groups excluding carboxylic acids is 2. The lowest BCUT2D eigenvalue weighted by Gasteiger charge is -2.42. The summed E-state index contributed by atoms with van der Waals surface area (Å²) in [5.74, 6) is -1.81. The first-order chi connectivity index (χ1) is 15.9. The number of aliphatic carboxylic acids is 1. The molecule has 2 N–H and O–H groups in total. The van der Waals surface area contributed by atoms with Crippen LogP contribution in [0.5, 0.6) is 0 Å². The van der Waals surface area contributed by atoms with Crippen molar-refractivity contribution in [2.75, 3.05) is 19.7 Å². The molecule has 0 radical (unpaired) electrons. The fourth-order valence-electron chi connectivity index (χ4n) is 5.51. The molecule has 2 aromatic carbocycles. The summed E-state index contributed by atoms with van der Waals surface area (Å²) in [6.07, 6.45) is 1.31. The molecule has 2 amide bonds. The third kappa shape index (κ3) is 3.65. The average Bonchev–Trinajstić information content (AvgIpc) is 3.33. The minimum absolute atomic E-state index is 0.0491. The van der Waals surface area contributed by atoms with E-state index in [1.807, 2.05) is 31.2 Å². The summed E-state index contributed by atoms with van der Waals surface area (Å²) in [6.45, 7) is 2.61. The molecule has 7 nitrogen and oxygen atoms in total. The Morgan fingerprint density at radius 2 is 1.64 bits per heavy atom. The van der Waals surface area contributed by atoms with Crippen molar-refractivity contribution in [2.24, 2.45) is 11.8 Å². The molecule has 5 rings (SSSR count). The molecule has 0 spiro atoms. The number of amides is 2. The zero-order valence-electron chi connectivity index (χ0n) is 18.6. The van der Waals surface area contributed by atoms with Crippen LogP contribution < -0.4 is 5.32 Å². The summed E-state index contributed by atoms with van der Waals surface area (Å²) in [5, 5.41) is 12.2. The zero-order chi connectivity index (χ0) is 23.2. The summed E-state index contributed by atoms with van der Waals surface area (Å²) in [4.78, 5) is 39.1. The van der Waals surface area contributed by atoms with E-state index < -0.39 is 23.5 Å². The van der Waals surface area contributed by atoms with Gasteiger partial charge in [-0.25, -0.2) is 4.79 Å². The lowest BCUT2D eigenvalue weighted by Crippen LogP contribution is -2.63. The fourth-order valence-corrected chi connectivity index (χ4v) is 5.51. The van der Waals surface area contributed by atoms with Crippen LogP contribution in [0.3, 0.4) is 0 Å². The first-order valence-electron chi connectivity index (χ1n) is 11.5. The van der Waals surface area contributed by atoms with Gasteiger partial charge in [-0.15, -0.1) is 0 Å². The third-order valence-corrected chi connectivity index (χ3v) is 7.52. The number of nitrogens with one attached hydrogen (secondary N) is 1. The Balaban J connectivity index is 1.26. The molecule has 172 valence electrons. The standard InChI is InChI=1S/C26H28N2O5/c1-16-13-28(14-21(16)23(29)30)24(31)26(11-6-12-26)27-25(32)33-15-22-19-9-4-2-7-17(19)18-8-3-5-10-20(18)22/h2-5,7-10,16,21-22H,6,11-15H2,1H3,(H,27,32)(H,29,30)/t16-,21-/m1/s1. The molecule has 2 fully saturated rings. The van der Waals surface area contributed by atoms with Gasteiger partial charge in [0, 0.05) is 19.0 Å². The van der Waals surface area contributed by atoms with Crippen LogP contribution in [0.2, 0.25) is 0 Å². The molecule has 1 saturated carbocycles. The Morgan fingerprint density at radius 1 is 1.03 bits per heavy atom. The van der Waals surface area contributed by atoms with Gasteiger partial charge in [-0.05, 0) is 47.4 Å². The van der Waals surface area contributed by atoms with Gasteiger partial charge in [-0.3, -0.25) is 9.59 Å². The molecule has 0 bridgehead atoms. The second-order valence-corrected chi connectivity index (χ2v) is 9.52. The van der Waals surface area contributed by atoms with Crippen LogP contribution in [-0.2, 0) is 14.3 Å². The van der Waals surface area contributed by atoms with Crippen molar-refractivity contribution in [1.29, 1.82) is 0 Å². The quantitative estimate of drug-likeness (QED) is 0.728. The van der Waals surface area contributed by atoms with Crippen molar-refractivity contribution in [1.82, 2.24) is 10.2 Å². The van der Waals surface area contributed by atoms with Gasteiger partial charge in [0.25, 0.3) is 0 Å². The molecular weight excluding hydrogens is 420 g/mol. The predicted molar refractivity (Wildman–Crippen MR) is 122 cm³/mol. The van der Waals surface area contributed by atoms with E-state index in [4.69, 9.17) is 4.74 Å². The van der Waals surface area contributed by atoms with E-state index >= 15 is 0 Å². The number of hydrogen-bond donors (Lipinski definition) is 2. The highest BCUT2D eigenvalue weighted by molar-refractivity contribution is 5.91. The Hall–Kier alpha value is -3.35. The third-order valence-electron chi connectivity index (χ3n) is 7.52. The van der Waals surface area contributed by atoms with Gasteiger partial charge in [0.05, 0.1) is 5.92 Å². The highest BCUT2D eigenvalue weighted by Crippen LogP contribution is 2.44. The van der Waals surface area contributed by atoms with Crippen LogP contribution in [0.15, 0.2) is 48.5 Å². The average molecular weight is 449 g/mol. The molecule has 1 aliphatic heterocycles. The van der Waals surface area contributed by atoms with Gasteiger partial charge in [0.1, 0.15) is 12.1 Å². The van der Waals surface area contributed by atoms with E-state index in [-0.39, 0.29) is 30.9 Å². The number of carboxylic acids is 1. The number of likely N-dealkylation sites (tertiary alicyclic amines) is 1. The normalized spacial score (nSPS) is 22.8. The number of hydrogen-bond acceptors (Lipinski definition) is 4. The summed E-state index contributed by atoms with van der Waals surface area (Å²) >= 11 is 0. The summed E-state index contributed by atoms with van der Waals surface area (Å²) in [6, 6.07) is 16.3. The second kappa shape index (κ2) is 8.21. The number of carboxylic acid groups (broad SMARTS) is 1. The molecule has 2 aliphatic carbocycles. The van der Waals surface area contributed by atoms with Crippen LogP contribution in [0, 0.1) is 11.8 Å². The number of carbonyl (C=O) groups is 3. The van der Waals surface area contributed by atoms with Crippen molar-refractivity contribution in [3.05, 3.63) is 59.7 Å². The van der Waals surface area contributed by atoms with Crippen molar-refractivity contribution < 1.29 is 24.2 Å². The smallest absolute Gasteiger partial charge is 0.408 e. The highest BCUT2D eigenvalue weighted by atomic mass is 16.5. The molecule has 0 unspecified atom stereocenters. The van der Waals surface area contributed by atoms with Crippen molar-refractivity contribution in [2.45, 2.75) is 37.6 Å². The second-order valence-electron chi connectivity index (χ2n) is 9.52. The summed E-state index contributed by atoms with van der Waals surface area (Å²) in [7, 11) is 0. The van der Waals surface area contributed by atoms with E-state index in [0.717, 1.165) is 28.7 Å². The lowest BCUT2D eigenvalue weighted by molar-refractivity contribution is -0.143.